The summed E-state index contributed by atoms with van der Waals surface area (Å²) < 4.78 is 10.6. The molecule has 3 aromatic rings. The van der Waals surface area contributed by atoms with E-state index in [0.29, 0.717) is 11.3 Å². The number of rotatable bonds is 11. The maximum Gasteiger partial charge on any atom is 0.336 e. The van der Waals surface area contributed by atoms with Crippen molar-refractivity contribution in [3.05, 3.63) is 134 Å². The van der Waals surface area contributed by atoms with Crippen LogP contribution in [-0.4, -0.2) is 46.1 Å². The van der Waals surface area contributed by atoms with Crippen molar-refractivity contribution in [3.63, 3.8) is 0 Å². The molecule has 2 aromatic carbocycles. The number of allylic oxidation sites excluding steroid dienone is 2. The Labute approximate surface area is 253 Å². The molecule has 0 fully saturated rings. The van der Waals surface area contributed by atoms with Gasteiger partial charge in [-0.05, 0) is 56.0 Å². The molecule has 226 valence electrons. The monoisotopic (exact) mass is 597 g/mol. The SMILES string of the molecule is CC(=Cc1ccc(Cc2cccnc2)cc1)C(=O)OCCOC(=O)C1=C(C)NC(C)=C(C(=O)O)C1c1ccccc1[N+](=O)[O-]. The molecule has 0 spiro atoms. The molecule has 1 aliphatic heterocycles. The third kappa shape index (κ3) is 7.43. The van der Waals surface area contributed by atoms with Gasteiger partial charge in [-0.15, -0.1) is 0 Å². The summed E-state index contributed by atoms with van der Waals surface area (Å²) in [6.07, 6.45) is 5.96. The fourth-order valence-electron chi connectivity index (χ4n) is 5.00. The number of esters is 2. The van der Waals surface area contributed by atoms with Gasteiger partial charge >= 0.3 is 17.9 Å². The number of hydrogen-bond acceptors (Lipinski definition) is 9. The lowest BCUT2D eigenvalue weighted by Crippen LogP contribution is -2.32. The number of nitro benzene ring substituents is 1. The number of carboxylic acids is 1. The van der Waals surface area contributed by atoms with Crippen LogP contribution in [0.2, 0.25) is 0 Å². The van der Waals surface area contributed by atoms with E-state index in [1.165, 1.54) is 31.2 Å². The molecule has 1 atom stereocenters. The first-order valence-electron chi connectivity index (χ1n) is 13.7. The Morgan fingerprint density at radius 1 is 0.955 bits per heavy atom. The minimum atomic E-state index is -1.34. The summed E-state index contributed by atoms with van der Waals surface area (Å²) >= 11 is 0. The van der Waals surface area contributed by atoms with Gasteiger partial charge in [-0.3, -0.25) is 15.1 Å². The average molecular weight is 598 g/mol. The van der Waals surface area contributed by atoms with Gasteiger partial charge in [0.15, 0.2) is 0 Å². The lowest BCUT2D eigenvalue weighted by molar-refractivity contribution is -0.385. The van der Waals surface area contributed by atoms with Crippen molar-refractivity contribution in [2.45, 2.75) is 33.1 Å². The molecule has 0 aliphatic carbocycles. The Morgan fingerprint density at radius 3 is 2.30 bits per heavy atom. The van der Waals surface area contributed by atoms with Crippen LogP contribution in [0, 0.1) is 10.1 Å². The van der Waals surface area contributed by atoms with Crippen LogP contribution in [-0.2, 0) is 30.3 Å². The molecule has 2 N–H and O–H groups in total. The van der Waals surface area contributed by atoms with E-state index in [4.69, 9.17) is 9.47 Å². The maximum atomic E-state index is 13.2. The van der Waals surface area contributed by atoms with Gasteiger partial charge in [0, 0.05) is 41.0 Å². The number of carboxylic acid groups (broad SMARTS) is 1. The molecule has 0 radical (unpaired) electrons. The van der Waals surface area contributed by atoms with E-state index in [-0.39, 0.29) is 41.3 Å². The Hall–Kier alpha value is -5.58. The fraction of sp³-hybridized carbons (Fsp3) is 0.212. The molecule has 1 aliphatic rings. The number of nitro groups is 1. The molecule has 0 amide bonds. The zero-order chi connectivity index (χ0) is 31.8. The Balaban J connectivity index is 1.39. The Morgan fingerprint density at radius 2 is 1.64 bits per heavy atom. The van der Waals surface area contributed by atoms with Gasteiger partial charge in [0.2, 0.25) is 0 Å². The van der Waals surface area contributed by atoms with Gasteiger partial charge < -0.3 is 19.9 Å². The van der Waals surface area contributed by atoms with Crippen LogP contribution < -0.4 is 5.32 Å². The lowest BCUT2D eigenvalue weighted by atomic mass is 9.79. The van der Waals surface area contributed by atoms with Crippen molar-refractivity contribution in [2.75, 3.05) is 13.2 Å². The Bertz CT molecular complexity index is 1670. The molecule has 2 heterocycles. The topological polar surface area (TPSA) is 158 Å². The van der Waals surface area contributed by atoms with Crippen molar-refractivity contribution >= 4 is 29.7 Å². The zero-order valence-electron chi connectivity index (χ0n) is 24.4. The highest BCUT2D eigenvalue weighted by atomic mass is 16.6. The number of hydrogen-bond donors (Lipinski definition) is 2. The van der Waals surface area contributed by atoms with Crippen LogP contribution in [0.15, 0.2) is 101 Å². The first-order chi connectivity index (χ1) is 21.1. The number of nitrogens with zero attached hydrogens (tertiary/aromatic N) is 2. The normalized spacial score (nSPS) is 15.0. The van der Waals surface area contributed by atoms with Crippen molar-refractivity contribution in [1.29, 1.82) is 0 Å². The smallest absolute Gasteiger partial charge is 0.336 e. The molecule has 11 heteroatoms. The summed E-state index contributed by atoms with van der Waals surface area (Å²) in [7, 11) is 0. The summed E-state index contributed by atoms with van der Waals surface area (Å²) in [6, 6.07) is 17.3. The van der Waals surface area contributed by atoms with E-state index in [0.717, 1.165) is 23.1 Å². The van der Waals surface area contributed by atoms with Gasteiger partial charge in [0.1, 0.15) is 13.2 Å². The minimum absolute atomic E-state index is 0.0411. The summed E-state index contributed by atoms with van der Waals surface area (Å²) in [5, 5.41) is 24.6. The highest BCUT2D eigenvalue weighted by Gasteiger charge is 2.40. The van der Waals surface area contributed by atoms with Crippen LogP contribution in [0.5, 0.6) is 0 Å². The quantitative estimate of drug-likeness (QED) is 0.100. The zero-order valence-corrected chi connectivity index (χ0v) is 24.4. The molecular weight excluding hydrogens is 566 g/mol. The van der Waals surface area contributed by atoms with Crippen molar-refractivity contribution in [2.24, 2.45) is 0 Å². The number of pyridine rings is 1. The van der Waals surface area contributed by atoms with E-state index >= 15 is 0 Å². The van der Waals surface area contributed by atoms with E-state index in [1.807, 2.05) is 42.6 Å². The highest BCUT2D eigenvalue weighted by Crippen LogP contribution is 2.42. The molecule has 4 rings (SSSR count). The molecule has 0 saturated heterocycles. The van der Waals surface area contributed by atoms with Crippen LogP contribution in [0.1, 0.15) is 48.9 Å². The van der Waals surface area contributed by atoms with E-state index < -0.39 is 28.7 Å². The van der Waals surface area contributed by atoms with Gasteiger partial charge in [-0.25, -0.2) is 14.4 Å². The minimum Gasteiger partial charge on any atom is -0.478 e. The average Bonchev–Trinajstić information content (AvgIpc) is 2.99. The van der Waals surface area contributed by atoms with Crippen LogP contribution in [0.4, 0.5) is 5.69 Å². The summed E-state index contributed by atoms with van der Waals surface area (Å²) in [4.78, 5) is 53.3. The molecule has 1 unspecified atom stereocenters. The summed E-state index contributed by atoms with van der Waals surface area (Å²) in [6.45, 7) is 4.12. The van der Waals surface area contributed by atoms with Crippen molar-refractivity contribution < 1.29 is 33.9 Å². The fourth-order valence-corrected chi connectivity index (χ4v) is 5.00. The summed E-state index contributed by atoms with van der Waals surface area (Å²) in [5.74, 6) is -4.08. The van der Waals surface area contributed by atoms with Gasteiger partial charge in [0.05, 0.1) is 22.0 Å². The number of ether oxygens (including phenoxy) is 2. The molecule has 0 bridgehead atoms. The Kier molecular flexibility index (Phi) is 10.0. The van der Waals surface area contributed by atoms with Gasteiger partial charge in [0.25, 0.3) is 5.69 Å². The number of para-hydroxylation sites is 1. The van der Waals surface area contributed by atoms with Crippen molar-refractivity contribution in [3.8, 4) is 0 Å². The van der Waals surface area contributed by atoms with Crippen molar-refractivity contribution in [1.82, 2.24) is 10.3 Å². The highest BCUT2D eigenvalue weighted by molar-refractivity contribution is 5.99. The molecule has 11 nitrogen and oxygen atoms in total. The number of aliphatic carboxylic acids is 1. The molecular formula is C33H31N3O8. The molecule has 0 saturated carbocycles. The number of carbonyl (C=O) groups excluding carboxylic acids is 2. The second kappa shape index (κ2) is 14.1. The number of benzene rings is 2. The van der Waals surface area contributed by atoms with Crippen LogP contribution in [0.3, 0.4) is 0 Å². The van der Waals surface area contributed by atoms with E-state index in [1.54, 1.807) is 26.1 Å². The second-order valence-corrected chi connectivity index (χ2v) is 10.1. The molecule has 1 aromatic heterocycles. The van der Waals surface area contributed by atoms with Crippen LogP contribution in [0.25, 0.3) is 6.08 Å². The number of carbonyl (C=O) groups is 3. The molecule has 44 heavy (non-hydrogen) atoms. The van der Waals surface area contributed by atoms with E-state index in [2.05, 4.69) is 10.3 Å². The second-order valence-electron chi connectivity index (χ2n) is 10.1. The van der Waals surface area contributed by atoms with E-state index in [9.17, 15) is 29.6 Å². The standard InChI is InChI=1S/C33H31N3O8/c1-20(17-23-10-12-24(13-11-23)18-25-7-6-14-34-19-25)32(39)43-15-16-44-33(40)29-22(3)35-21(2)28(31(37)38)30(29)26-8-4-5-9-27(26)36(41)42/h4-14,17,19,30,35H,15-16,18H2,1-3H3,(H,37,38). The van der Waals surface area contributed by atoms with Crippen LogP contribution >= 0.6 is 0 Å². The first kappa shape index (κ1) is 31.4. The third-order valence-electron chi connectivity index (χ3n) is 7.02. The summed E-state index contributed by atoms with van der Waals surface area (Å²) in [5.41, 5.74) is 3.29. The number of aromatic nitrogens is 1. The largest absolute Gasteiger partial charge is 0.478 e. The lowest BCUT2D eigenvalue weighted by Gasteiger charge is -2.29. The maximum absolute atomic E-state index is 13.2. The predicted molar refractivity (Wildman–Crippen MR) is 161 cm³/mol. The van der Waals surface area contributed by atoms with Gasteiger partial charge in [-0.2, -0.15) is 0 Å². The van der Waals surface area contributed by atoms with Gasteiger partial charge in [-0.1, -0.05) is 48.5 Å². The third-order valence-corrected chi connectivity index (χ3v) is 7.02. The predicted octanol–water partition coefficient (Wildman–Crippen LogP) is 5.09. The number of dihydropyridines is 1. The first-order valence-corrected chi connectivity index (χ1v) is 13.7. The number of nitrogens with one attached hydrogen (secondary N) is 1.